The average Bonchev–Trinajstić information content (AvgIpc) is 3.49. The van der Waals surface area contributed by atoms with Gasteiger partial charge in [-0.1, -0.05) is 337 Å². The Balaban J connectivity index is 4.38. The molecule has 6 heteroatoms. The van der Waals surface area contributed by atoms with Crippen LogP contribution in [0.3, 0.4) is 0 Å². The topological polar surface area (TPSA) is 78.9 Å². The largest absolute Gasteiger partial charge is 0.462 e. The molecule has 0 aliphatic rings. The van der Waals surface area contributed by atoms with E-state index < -0.39 is 6.10 Å². The fourth-order valence-corrected chi connectivity index (χ4v) is 10.5. The zero-order valence-electron chi connectivity index (χ0n) is 55.2. The van der Waals surface area contributed by atoms with Gasteiger partial charge in [0.25, 0.3) is 0 Å². The van der Waals surface area contributed by atoms with E-state index >= 15 is 0 Å². The first kappa shape index (κ1) is 79.6. The maximum absolute atomic E-state index is 13.0. The van der Waals surface area contributed by atoms with Crippen LogP contribution in [0.2, 0.25) is 0 Å². The Morgan fingerprint density at radius 3 is 0.747 bits per heavy atom. The first-order chi connectivity index (χ1) is 41.0. The molecule has 0 fully saturated rings. The van der Waals surface area contributed by atoms with E-state index in [4.69, 9.17) is 14.2 Å². The summed E-state index contributed by atoms with van der Waals surface area (Å²) in [5, 5.41) is 0. The van der Waals surface area contributed by atoms with Crippen LogP contribution in [-0.2, 0) is 28.6 Å². The Morgan fingerprint density at radius 1 is 0.253 bits per heavy atom. The summed E-state index contributed by atoms with van der Waals surface area (Å²) in [5.41, 5.74) is 0. The summed E-state index contributed by atoms with van der Waals surface area (Å²) >= 11 is 0. The minimum Gasteiger partial charge on any atom is -0.462 e. The van der Waals surface area contributed by atoms with Crippen LogP contribution < -0.4 is 0 Å². The fraction of sp³-hybridized carbons (Fsp3) is 0.779. The smallest absolute Gasteiger partial charge is 0.306 e. The molecule has 0 bridgehead atoms. The highest BCUT2D eigenvalue weighted by molar-refractivity contribution is 5.71. The van der Waals surface area contributed by atoms with Crippen LogP contribution in [0.25, 0.3) is 0 Å². The third-order valence-corrected chi connectivity index (χ3v) is 15.9. The lowest BCUT2D eigenvalue weighted by atomic mass is 10.0. The number of rotatable bonds is 66. The van der Waals surface area contributed by atoms with Crippen molar-refractivity contribution in [1.29, 1.82) is 0 Å². The number of carbonyl (C=O) groups excluding carboxylic acids is 3. The molecule has 0 aromatic rings. The fourth-order valence-electron chi connectivity index (χ4n) is 10.5. The summed E-state index contributed by atoms with van der Waals surface area (Å²) in [6.45, 7) is 6.55. The first-order valence-electron chi connectivity index (χ1n) is 36.1. The van der Waals surface area contributed by atoms with Crippen LogP contribution in [0.5, 0.6) is 0 Å². The normalized spacial score (nSPS) is 12.6. The van der Waals surface area contributed by atoms with Crippen LogP contribution in [0.4, 0.5) is 0 Å². The van der Waals surface area contributed by atoms with Gasteiger partial charge in [-0.3, -0.25) is 14.4 Å². The van der Waals surface area contributed by atoms with E-state index in [1.54, 1.807) is 0 Å². The van der Waals surface area contributed by atoms with Crippen molar-refractivity contribution in [2.75, 3.05) is 13.2 Å². The molecule has 0 aromatic heterocycles. The van der Waals surface area contributed by atoms with E-state index in [9.17, 15) is 14.4 Å². The number of hydrogen-bond donors (Lipinski definition) is 0. The predicted molar refractivity (Wildman–Crippen MR) is 362 cm³/mol. The van der Waals surface area contributed by atoms with Gasteiger partial charge in [0, 0.05) is 19.3 Å². The average molecular weight is 1160 g/mol. The second-order valence-electron chi connectivity index (χ2n) is 24.1. The van der Waals surface area contributed by atoms with Gasteiger partial charge in [-0.25, -0.2) is 0 Å². The van der Waals surface area contributed by atoms with Crippen molar-refractivity contribution >= 4 is 17.9 Å². The lowest BCUT2D eigenvalue weighted by Crippen LogP contribution is -2.30. The molecule has 0 radical (unpaired) electrons. The summed E-state index contributed by atoms with van der Waals surface area (Å²) in [5.74, 6) is -0.899. The standard InChI is InChI=1S/C77H136O6/c1-4-7-10-13-16-19-22-25-28-31-34-36-38-40-43-46-49-52-55-58-61-64-67-70-76(79)82-73-74(72-81-75(78)69-66-63-60-57-54-51-48-45-42-33-30-27-24-21-18-15-12-9-6-3)83-77(80)71-68-65-62-59-56-53-50-47-44-41-39-37-35-32-29-26-23-20-17-14-11-8-5-2/h9,12,18,21-22,25,27,30-31,34,42,45,51,54,74H,4-8,10-11,13-17,19-20,23-24,26,28-29,32-33,35-41,43-44,46-50,52-53,55-73H2,1-3H3/b12-9-,21-18-,25-22-,30-27-,34-31-,45-42-,54-51-. The number of unbranched alkanes of at least 4 members (excludes halogenated alkanes) is 41. The SMILES string of the molecule is CC/C=C\C/C=C\C/C=C\C/C=C\C/C=C\CCCCCC(=O)OCC(COC(=O)CCCCCCCCCCCCC/C=C\C/C=C\CCCCCCC)OC(=O)CCCCCCCCCCCCCCCCCCCCCCCCC. The highest BCUT2D eigenvalue weighted by Gasteiger charge is 2.19. The van der Waals surface area contributed by atoms with E-state index in [0.717, 1.165) is 103 Å². The molecule has 0 N–H and O–H groups in total. The highest BCUT2D eigenvalue weighted by atomic mass is 16.6. The van der Waals surface area contributed by atoms with Crippen LogP contribution >= 0.6 is 0 Å². The molecule has 0 aliphatic heterocycles. The molecule has 0 aromatic carbocycles. The van der Waals surface area contributed by atoms with Crippen molar-refractivity contribution < 1.29 is 28.6 Å². The van der Waals surface area contributed by atoms with Crippen LogP contribution in [-0.4, -0.2) is 37.2 Å². The number of carbonyl (C=O) groups is 3. The Bertz CT molecular complexity index is 1570. The molecule has 0 spiro atoms. The molecule has 480 valence electrons. The summed E-state index contributed by atoms with van der Waals surface area (Å²) in [6, 6.07) is 0. The minimum absolute atomic E-state index is 0.0852. The van der Waals surface area contributed by atoms with Gasteiger partial charge in [-0.05, 0) is 96.3 Å². The maximum Gasteiger partial charge on any atom is 0.306 e. The third kappa shape index (κ3) is 69.3. The van der Waals surface area contributed by atoms with Crippen LogP contribution in [0, 0.1) is 0 Å². The zero-order valence-corrected chi connectivity index (χ0v) is 55.2. The molecule has 0 saturated heterocycles. The van der Waals surface area contributed by atoms with Gasteiger partial charge in [0.05, 0.1) is 0 Å². The second-order valence-corrected chi connectivity index (χ2v) is 24.1. The lowest BCUT2D eigenvalue weighted by molar-refractivity contribution is -0.167. The van der Waals surface area contributed by atoms with Crippen molar-refractivity contribution in [3.63, 3.8) is 0 Å². The number of hydrogen-bond acceptors (Lipinski definition) is 6. The molecule has 1 unspecified atom stereocenters. The van der Waals surface area contributed by atoms with Crippen molar-refractivity contribution in [2.45, 2.75) is 374 Å². The van der Waals surface area contributed by atoms with E-state index in [-0.39, 0.29) is 31.1 Å². The lowest BCUT2D eigenvalue weighted by Gasteiger charge is -2.18. The summed E-state index contributed by atoms with van der Waals surface area (Å²) in [4.78, 5) is 38.5. The molecule has 0 amide bonds. The van der Waals surface area contributed by atoms with Crippen LogP contribution in [0.1, 0.15) is 367 Å². The summed E-state index contributed by atoms with van der Waals surface area (Å²) in [6.07, 6.45) is 94.7. The molecule has 6 nitrogen and oxygen atoms in total. The Hall–Kier alpha value is -3.41. The Morgan fingerprint density at radius 2 is 0.470 bits per heavy atom. The predicted octanol–water partition coefficient (Wildman–Crippen LogP) is 25.0. The molecule has 1 atom stereocenters. The summed E-state index contributed by atoms with van der Waals surface area (Å²) < 4.78 is 17.0. The van der Waals surface area contributed by atoms with Crippen molar-refractivity contribution in [3.05, 3.63) is 85.1 Å². The van der Waals surface area contributed by atoms with Gasteiger partial charge >= 0.3 is 17.9 Å². The van der Waals surface area contributed by atoms with Gasteiger partial charge in [0.2, 0.25) is 0 Å². The second kappa shape index (κ2) is 71.1. The van der Waals surface area contributed by atoms with Gasteiger partial charge in [-0.2, -0.15) is 0 Å². The zero-order chi connectivity index (χ0) is 59.9. The molecule has 0 saturated carbocycles. The minimum atomic E-state index is -0.792. The third-order valence-electron chi connectivity index (χ3n) is 15.9. The maximum atomic E-state index is 13.0. The quantitative estimate of drug-likeness (QED) is 0.0261. The summed E-state index contributed by atoms with van der Waals surface area (Å²) in [7, 11) is 0. The molecule has 83 heavy (non-hydrogen) atoms. The van der Waals surface area contributed by atoms with Crippen LogP contribution in [0.15, 0.2) is 85.1 Å². The van der Waals surface area contributed by atoms with E-state index in [1.165, 1.54) is 225 Å². The van der Waals surface area contributed by atoms with Crippen molar-refractivity contribution in [1.82, 2.24) is 0 Å². The van der Waals surface area contributed by atoms with Crippen molar-refractivity contribution in [3.8, 4) is 0 Å². The van der Waals surface area contributed by atoms with Gasteiger partial charge in [0.1, 0.15) is 13.2 Å². The monoisotopic (exact) mass is 1160 g/mol. The van der Waals surface area contributed by atoms with Gasteiger partial charge < -0.3 is 14.2 Å². The highest BCUT2D eigenvalue weighted by Crippen LogP contribution is 2.18. The molecule has 0 aliphatic carbocycles. The van der Waals surface area contributed by atoms with E-state index in [1.807, 2.05) is 0 Å². The first-order valence-corrected chi connectivity index (χ1v) is 36.1. The molecule has 0 heterocycles. The Labute approximate surface area is 515 Å². The van der Waals surface area contributed by atoms with E-state index in [2.05, 4.69) is 106 Å². The van der Waals surface area contributed by atoms with Gasteiger partial charge in [0.15, 0.2) is 6.10 Å². The number of allylic oxidation sites excluding steroid dienone is 14. The molecular formula is C77H136O6. The van der Waals surface area contributed by atoms with E-state index in [0.29, 0.717) is 19.3 Å². The Kier molecular flexibility index (Phi) is 68.2. The van der Waals surface area contributed by atoms with Gasteiger partial charge in [-0.15, -0.1) is 0 Å². The molecule has 0 rings (SSSR count). The number of ether oxygens (including phenoxy) is 3. The molecular weight excluding hydrogens is 1020 g/mol. The van der Waals surface area contributed by atoms with Crippen molar-refractivity contribution in [2.24, 2.45) is 0 Å². The number of esters is 3.